The molecule has 2 fully saturated rings. The first-order valence-electron chi connectivity index (χ1n) is 6.93. The molecule has 2 heteroatoms. The van der Waals surface area contributed by atoms with Gasteiger partial charge in [0.05, 0.1) is 5.92 Å². The highest BCUT2D eigenvalue weighted by Crippen LogP contribution is 2.46. The van der Waals surface area contributed by atoms with E-state index in [2.05, 4.69) is 6.92 Å². The van der Waals surface area contributed by atoms with E-state index in [-0.39, 0.29) is 5.92 Å². The molecule has 0 aromatic rings. The van der Waals surface area contributed by atoms with Crippen molar-refractivity contribution < 1.29 is 9.90 Å². The molecule has 92 valence electrons. The molecule has 2 aliphatic carbocycles. The van der Waals surface area contributed by atoms with Gasteiger partial charge in [-0.05, 0) is 56.3 Å². The maximum absolute atomic E-state index is 11.0. The van der Waals surface area contributed by atoms with E-state index in [1.807, 2.05) is 0 Å². The number of carbonyl (C=O) groups is 1. The zero-order valence-corrected chi connectivity index (χ0v) is 10.3. The Bertz CT molecular complexity index is 233. The average molecular weight is 224 g/mol. The van der Waals surface area contributed by atoms with Crippen LogP contribution in [0.25, 0.3) is 0 Å². The summed E-state index contributed by atoms with van der Waals surface area (Å²) < 4.78 is 0. The second kappa shape index (κ2) is 5.20. The van der Waals surface area contributed by atoms with E-state index in [9.17, 15) is 4.79 Å². The minimum absolute atomic E-state index is 0.0461. The van der Waals surface area contributed by atoms with Crippen molar-refractivity contribution in [3.63, 3.8) is 0 Å². The second-order valence-corrected chi connectivity index (χ2v) is 5.84. The summed E-state index contributed by atoms with van der Waals surface area (Å²) >= 11 is 0. The van der Waals surface area contributed by atoms with Gasteiger partial charge in [-0.25, -0.2) is 0 Å². The number of hydrogen-bond acceptors (Lipinski definition) is 1. The van der Waals surface area contributed by atoms with Gasteiger partial charge in [-0.3, -0.25) is 4.79 Å². The molecule has 0 saturated heterocycles. The fourth-order valence-electron chi connectivity index (χ4n) is 3.91. The van der Waals surface area contributed by atoms with Crippen LogP contribution in [0.1, 0.15) is 58.3 Å². The van der Waals surface area contributed by atoms with Crippen LogP contribution in [-0.2, 0) is 4.79 Å². The van der Waals surface area contributed by atoms with Crippen LogP contribution in [0.4, 0.5) is 0 Å². The molecule has 2 saturated carbocycles. The standard InChI is InChI=1S/C14H24O2/c1-2-3-10-8-12-6-4-11(14(15)16)5-7-13(12)9-10/h10-13H,2-9H2,1H3,(H,15,16)/t10?,11?,12-,13+. The van der Waals surface area contributed by atoms with Gasteiger partial charge in [0, 0.05) is 0 Å². The molecule has 0 aromatic heterocycles. The van der Waals surface area contributed by atoms with Crippen molar-refractivity contribution in [1.29, 1.82) is 0 Å². The van der Waals surface area contributed by atoms with Gasteiger partial charge in [0.2, 0.25) is 0 Å². The molecule has 0 radical (unpaired) electrons. The summed E-state index contributed by atoms with van der Waals surface area (Å²) in [4.78, 5) is 11.0. The van der Waals surface area contributed by atoms with Crippen molar-refractivity contribution in [3.8, 4) is 0 Å². The van der Waals surface area contributed by atoms with Crippen LogP contribution in [0, 0.1) is 23.7 Å². The first-order chi connectivity index (χ1) is 7.70. The Hall–Kier alpha value is -0.530. The molecule has 0 aromatic carbocycles. The summed E-state index contributed by atoms with van der Waals surface area (Å²) in [7, 11) is 0. The van der Waals surface area contributed by atoms with Gasteiger partial charge in [-0.1, -0.05) is 19.8 Å². The Labute approximate surface area is 98.4 Å². The molecule has 1 N–H and O–H groups in total. The van der Waals surface area contributed by atoms with E-state index >= 15 is 0 Å². The average Bonchev–Trinajstić information content (AvgIpc) is 2.50. The van der Waals surface area contributed by atoms with Gasteiger partial charge < -0.3 is 5.11 Å². The lowest BCUT2D eigenvalue weighted by molar-refractivity contribution is -0.142. The topological polar surface area (TPSA) is 37.3 Å². The highest BCUT2D eigenvalue weighted by molar-refractivity contribution is 5.69. The summed E-state index contributed by atoms with van der Waals surface area (Å²) in [6.07, 6.45) is 9.64. The number of carboxylic acids is 1. The molecule has 0 bridgehead atoms. The molecule has 2 rings (SSSR count). The van der Waals surface area contributed by atoms with Crippen molar-refractivity contribution in [2.24, 2.45) is 23.7 Å². The van der Waals surface area contributed by atoms with Crippen LogP contribution >= 0.6 is 0 Å². The quantitative estimate of drug-likeness (QED) is 0.793. The molecule has 16 heavy (non-hydrogen) atoms. The molecular weight excluding hydrogens is 200 g/mol. The molecule has 2 unspecified atom stereocenters. The van der Waals surface area contributed by atoms with Gasteiger partial charge in [0.25, 0.3) is 0 Å². The molecule has 0 amide bonds. The van der Waals surface area contributed by atoms with Gasteiger partial charge in [0.15, 0.2) is 0 Å². The molecular formula is C14H24O2. The zero-order valence-electron chi connectivity index (χ0n) is 10.3. The normalized spacial score (nSPS) is 39.1. The summed E-state index contributed by atoms with van der Waals surface area (Å²) in [6, 6.07) is 0. The predicted octanol–water partition coefficient (Wildman–Crippen LogP) is 3.70. The van der Waals surface area contributed by atoms with Crippen molar-refractivity contribution in [1.82, 2.24) is 0 Å². The fraction of sp³-hybridized carbons (Fsp3) is 0.929. The van der Waals surface area contributed by atoms with Crippen molar-refractivity contribution >= 4 is 5.97 Å². The predicted molar refractivity (Wildman–Crippen MR) is 64.2 cm³/mol. The monoisotopic (exact) mass is 224 g/mol. The van der Waals surface area contributed by atoms with E-state index in [1.54, 1.807) is 0 Å². The number of hydrogen-bond donors (Lipinski definition) is 1. The van der Waals surface area contributed by atoms with Crippen molar-refractivity contribution in [2.45, 2.75) is 58.3 Å². The number of rotatable bonds is 3. The second-order valence-electron chi connectivity index (χ2n) is 5.84. The van der Waals surface area contributed by atoms with Crippen LogP contribution in [0.15, 0.2) is 0 Å². The third-order valence-electron chi connectivity index (χ3n) is 4.76. The van der Waals surface area contributed by atoms with E-state index in [0.29, 0.717) is 0 Å². The Morgan fingerprint density at radius 1 is 1.12 bits per heavy atom. The summed E-state index contributed by atoms with van der Waals surface area (Å²) in [5.41, 5.74) is 0. The number of aliphatic carboxylic acids is 1. The van der Waals surface area contributed by atoms with Crippen LogP contribution in [-0.4, -0.2) is 11.1 Å². The Morgan fingerprint density at radius 3 is 2.12 bits per heavy atom. The Balaban J connectivity index is 1.88. The lowest BCUT2D eigenvalue weighted by Gasteiger charge is -2.14. The van der Waals surface area contributed by atoms with Crippen LogP contribution < -0.4 is 0 Å². The Kier molecular flexibility index (Phi) is 3.88. The van der Waals surface area contributed by atoms with Gasteiger partial charge >= 0.3 is 5.97 Å². The van der Waals surface area contributed by atoms with Gasteiger partial charge in [-0.2, -0.15) is 0 Å². The molecule has 2 aliphatic rings. The number of fused-ring (bicyclic) bond motifs is 1. The van der Waals surface area contributed by atoms with Gasteiger partial charge in [0.1, 0.15) is 0 Å². The third-order valence-corrected chi connectivity index (χ3v) is 4.76. The first-order valence-corrected chi connectivity index (χ1v) is 6.93. The van der Waals surface area contributed by atoms with Gasteiger partial charge in [-0.15, -0.1) is 0 Å². The number of carboxylic acid groups (broad SMARTS) is 1. The van der Waals surface area contributed by atoms with E-state index in [0.717, 1.165) is 30.6 Å². The van der Waals surface area contributed by atoms with Crippen LogP contribution in [0.3, 0.4) is 0 Å². The lowest BCUT2D eigenvalue weighted by Crippen LogP contribution is -2.12. The fourth-order valence-corrected chi connectivity index (χ4v) is 3.91. The summed E-state index contributed by atoms with van der Waals surface area (Å²) in [5, 5.41) is 9.06. The molecule has 2 nitrogen and oxygen atoms in total. The SMILES string of the molecule is CCCC1C[C@H]2CCC(C(=O)O)CC[C@H]2C1. The molecule has 0 heterocycles. The third kappa shape index (κ3) is 2.58. The van der Waals surface area contributed by atoms with Crippen LogP contribution in [0.2, 0.25) is 0 Å². The van der Waals surface area contributed by atoms with Crippen LogP contribution in [0.5, 0.6) is 0 Å². The maximum Gasteiger partial charge on any atom is 0.306 e. The Morgan fingerprint density at radius 2 is 1.69 bits per heavy atom. The first kappa shape index (κ1) is 11.9. The lowest BCUT2D eigenvalue weighted by atomic mass is 9.92. The zero-order chi connectivity index (χ0) is 11.5. The van der Waals surface area contributed by atoms with Crippen molar-refractivity contribution in [3.05, 3.63) is 0 Å². The largest absolute Gasteiger partial charge is 0.481 e. The van der Waals surface area contributed by atoms with E-state index in [1.165, 1.54) is 38.5 Å². The van der Waals surface area contributed by atoms with E-state index < -0.39 is 5.97 Å². The summed E-state index contributed by atoms with van der Waals surface area (Å²) in [5.74, 6) is 2.03. The summed E-state index contributed by atoms with van der Waals surface area (Å²) in [6.45, 7) is 2.27. The molecule has 0 aliphatic heterocycles. The highest BCUT2D eigenvalue weighted by atomic mass is 16.4. The maximum atomic E-state index is 11.0. The highest BCUT2D eigenvalue weighted by Gasteiger charge is 2.36. The minimum atomic E-state index is -0.565. The van der Waals surface area contributed by atoms with E-state index in [4.69, 9.17) is 5.11 Å². The smallest absolute Gasteiger partial charge is 0.306 e. The molecule has 4 atom stereocenters. The minimum Gasteiger partial charge on any atom is -0.481 e. The van der Waals surface area contributed by atoms with Crippen molar-refractivity contribution in [2.75, 3.05) is 0 Å². The molecule has 0 spiro atoms.